The molecule has 0 heterocycles. The molecule has 2 rings (SSSR count). The van der Waals surface area contributed by atoms with Gasteiger partial charge in [-0.15, -0.1) is 6.42 Å². The van der Waals surface area contributed by atoms with E-state index in [4.69, 9.17) is 20.6 Å². The number of rotatable bonds is 6. The Balaban J connectivity index is 2.32. The number of nitrogens with two attached hydrogens (primary N) is 1. The molecule has 0 spiro atoms. The third kappa shape index (κ3) is 4.44. The van der Waals surface area contributed by atoms with Crippen LogP contribution in [0.15, 0.2) is 59.5 Å². The minimum atomic E-state index is -3.81. The first-order chi connectivity index (χ1) is 10.8. The van der Waals surface area contributed by atoms with Crippen molar-refractivity contribution in [2.75, 3.05) is 6.61 Å². The van der Waals surface area contributed by atoms with Gasteiger partial charge in [0, 0.05) is 0 Å². The number of hydrogen-bond acceptors (Lipinski definition) is 5. The molecule has 1 unspecified atom stereocenters. The Labute approximate surface area is 134 Å². The summed E-state index contributed by atoms with van der Waals surface area (Å²) in [5.74, 6) is 2.41. The highest BCUT2D eigenvalue weighted by Crippen LogP contribution is 2.47. The molecule has 2 aromatic rings. The third-order valence-electron chi connectivity index (χ3n) is 2.77. The van der Waals surface area contributed by atoms with E-state index < -0.39 is 17.6 Å². The molecule has 0 amide bonds. The molecular weight excluding hydrogens is 337 g/mol. The van der Waals surface area contributed by atoms with Gasteiger partial charge in [-0.3, -0.25) is 4.52 Å². The molecule has 2 aromatic carbocycles. The average Bonchev–Trinajstić information content (AvgIpc) is 2.53. The lowest BCUT2D eigenvalue weighted by molar-refractivity contribution is 0.308. The molecule has 0 aliphatic heterocycles. The highest BCUT2D eigenvalue weighted by Gasteiger charge is 2.29. The Morgan fingerprint density at radius 2 is 1.70 bits per heavy atom. The predicted molar refractivity (Wildman–Crippen MR) is 86.9 cm³/mol. The zero-order valence-electron chi connectivity index (χ0n) is 12.0. The fraction of sp³-hybridized carbons (Fsp3) is 0.0667. The highest BCUT2D eigenvalue weighted by atomic mass is 32.2. The van der Waals surface area contributed by atoms with Crippen molar-refractivity contribution >= 4 is 22.9 Å². The van der Waals surface area contributed by atoms with E-state index in [1.807, 2.05) is 0 Å². The molecule has 8 heteroatoms. The van der Waals surface area contributed by atoms with Crippen molar-refractivity contribution in [3.8, 4) is 18.1 Å². The second kappa shape index (κ2) is 6.99. The highest BCUT2D eigenvalue weighted by molar-refractivity contribution is 7.89. The van der Waals surface area contributed by atoms with Crippen LogP contribution in [0.3, 0.4) is 0 Å². The van der Waals surface area contributed by atoms with Crippen molar-refractivity contribution in [1.82, 2.24) is 0 Å². The Morgan fingerprint density at radius 1 is 1.09 bits per heavy atom. The molecule has 0 bridgehead atoms. The molecule has 23 heavy (non-hydrogen) atoms. The summed E-state index contributed by atoms with van der Waals surface area (Å²) in [4.78, 5) is -0.0797. The van der Waals surface area contributed by atoms with E-state index in [1.54, 1.807) is 30.3 Å². The zero-order valence-corrected chi connectivity index (χ0v) is 13.7. The summed E-state index contributed by atoms with van der Waals surface area (Å²) >= 11 is 0. The van der Waals surface area contributed by atoms with Crippen molar-refractivity contribution in [3.63, 3.8) is 0 Å². The second-order valence-corrected chi connectivity index (χ2v) is 7.93. The standard InChI is InChI=1S/C15H14NO5PS/c1-2-12-20-22(17,14-6-4-3-5-7-14)21-13-8-10-15(11-9-13)23(16,18)19/h1,3-11H,12H2,(H2,16,18,19). The van der Waals surface area contributed by atoms with Crippen LogP contribution in [0.4, 0.5) is 0 Å². The van der Waals surface area contributed by atoms with Gasteiger partial charge in [-0.1, -0.05) is 24.1 Å². The quantitative estimate of drug-likeness (QED) is 0.633. The van der Waals surface area contributed by atoms with Gasteiger partial charge in [0.2, 0.25) is 10.0 Å². The van der Waals surface area contributed by atoms with Crippen LogP contribution in [0.25, 0.3) is 0 Å². The summed E-state index contributed by atoms with van der Waals surface area (Å²) in [6, 6.07) is 13.5. The van der Waals surface area contributed by atoms with Gasteiger partial charge in [-0.05, 0) is 36.4 Å². The van der Waals surface area contributed by atoms with Gasteiger partial charge in [-0.25, -0.2) is 18.1 Å². The molecule has 0 aliphatic carbocycles. The molecule has 1 atom stereocenters. The van der Waals surface area contributed by atoms with E-state index in [1.165, 1.54) is 24.3 Å². The zero-order chi connectivity index (χ0) is 16.9. The largest absolute Gasteiger partial charge is 0.421 e. The lowest BCUT2D eigenvalue weighted by Gasteiger charge is -2.18. The van der Waals surface area contributed by atoms with Crippen molar-refractivity contribution in [1.29, 1.82) is 0 Å². The monoisotopic (exact) mass is 351 g/mol. The van der Waals surface area contributed by atoms with Crippen molar-refractivity contribution in [2.24, 2.45) is 5.14 Å². The van der Waals surface area contributed by atoms with Crippen LogP contribution in [-0.4, -0.2) is 15.0 Å². The maximum Gasteiger partial charge on any atom is 0.411 e. The predicted octanol–water partition coefficient (Wildman–Crippen LogP) is 1.88. The van der Waals surface area contributed by atoms with Gasteiger partial charge in [-0.2, -0.15) is 0 Å². The topological polar surface area (TPSA) is 95.7 Å². The lowest BCUT2D eigenvalue weighted by atomic mass is 10.3. The lowest BCUT2D eigenvalue weighted by Crippen LogP contribution is -2.13. The minimum Gasteiger partial charge on any atom is -0.421 e. The van der Waals surface area contributed by atoms with Crippen LogP contribution in [0.2, 0.25) is 0 Å². The summed E-state index contributed by atoms with van der Waals surface area (Å²) < 4.78 is 46.1. The number of benzene rings is 2. The molecule has 0 aliphatic rings. The number of terminal acetylenes is 1. The third-order valence-corrected chi connectivity index (χ3v) is 5.55. The molecule has 0 radical (unpaired) electrons. The van der Waals surface area contributed by atoms with E-state index >= 15 is 0 Å². The Kier molecular flexibility index (Phi) is 5.24. The smallest absolute Gasteiger partial charge is 0.411 e. The molecule has 120 valence electrons. The van der Waals surface area contributed by atoms with Crippen LogP contribution in [0.5, 0.6) is 5.75 Å². The minimum absolute atomic E-state index is 0.0797. The summed E-state index contributed by atoms with van der Waals surface area (Å²) in [5, 5.41) is 5.36. The maximum atomic E-state index is 12.9. The first-order valence-corrected chi connectivity index (χ1v) is 9.50. The van der Waals surface area contributed by atoms with E-state index in [0.29, 0.717) is 5.30 Å². The van der Waals surface area contributed by atoms with E-state index in [9.17, 15) is 13.0 Å². The fourth-order valence-electron chi connectivity index (χ4n) is 1.72. The van der Waals surface area contributed by atoms with Crippen molar-refractivity contribution in [2.45, 2.75) is 4.90 Å². The van der Waals surface area contributed by atoms with Gasteiger partial charge < -0.3 is 4.52 Å². The van der Waals surface area contributed by atoms with E-state index in [2.05, 4.69) is 5.92 Å². The molecule has 0 saturated heterocycles. The molecular formula is C15H14NO5PS. The van der Waals surface area contributed by atoms with Crippen molar-refractivity contribution < 1.29 is 22.0 Å². The second-order valence-electron chi connectivity index (χ2n) is 4.42. The van der Waals surface area contributed by atoms with Crippen LogP contribution >= 0.6 is 7.60 Å². The molecule has 6 nitrogen and oxygen atoms in total. The van der Waals surface area contributed by atoms with Gasteiger partial charge in [0.1, 0.15) is 12.4 Å². The average molecular weight is 351 g/mol. The Hall–Kier alpha value is -2.10. The molecule has 0 saturated carbocycles. The van der Waals surface area contributed by atoms with Crippen molar-refractivity contribution in [3.05, 3.63) is 54.6 Å². The van der Waals surface area contributed by atoms with Crippen LogP contribution in [-0.2, 0) is 19.1 Å². The Bertz CT molecular complexity index is 857. The summed E-state index contributed by atoms with van der Waals surface area (Å²) in [6.45, 7) is -0.193. The first kappa shape index (κ1) is 17.3. The van der Waals surface area contributed by atoms with Crippen LogP contribution < -0.4 is 15.0 Å². The van der Waals surface area contributed by atoms with Crippen LogP contribution in [0.1, 0.15) is 0 Å². The van der Waals surface area contributed by atoms with Gasteiger partial charge in [0.25, 0.3) is 0 Å². The van der Waals surface area contributed by atoms with E-state index in [0.717, 1.165) is 0 Å². The normalized spacial score (nSPS) is 13.7. The first-order valence-electron chi connectivity index (χ1n) is 6.41. The number of primary sulfonamides is 1. The van der Waals surface area contributed by atoms with Crippen LogP contribution in [0, 0.1) is 12.3 Å². The molecule has 2 N–H and O–H groups in total. The summed E-state index contributed by atoms with van der Waals surface area (Å²) in [6.07, 6.45) is 5.14. The molecule has 0 fully saturated rings. The maximum absolute atomic E-state index is 12.9. The number of sulfonamides is 1. The summed E-state index contributed by atoms with van der Waals surface area (Å²) in [7, 11) is -7.50. The van der Waals surface area contributed by atoms with Gasteiger partial charge in [0.15, 0.2) is 0 Å². The molecule has 0 aromatic heterocycles. The van der Waals surface area contributed by atoms with Gasteiger partial charge in [0.05, 0.1) is 10.2 Å². The fourth-order valence-corrected chi connectivity index (χ4v) is 3.72. The summed E-state index contributed by atoms with van der Waals surface area (Å²) in [5.41, 5.74) is 0. The van der Waals surface area contributed by atoms with E-state index in [-0.39, 0.29) is 17.3 Å². The van der Waals surface area contributed by atoms with Gasteiger partial charge >= 0.3 is 7.60 Å². The Morgan fingerprint density at radius 3 is 2.22 bits per heavy atom. The SMILES string of the molecule is C#CCOP(=O)(Oc1ccc(S(N)(=O)=O)cc1)c1ccccc1. The number of hydrogen-bond donors (Lipinski definition) is 1.